The van der Waals surface area contributed by atoms with Gasteiger partial charge in [0.05, 0.1) is 24.4 Å². The van der Waals surface area contributed by atoms with Crippen molar-refractivity contribution >= 4 is 17.2 Å². The lowest BCUT2D eigenvalue weighted by atomic mass is 10.2. The molecule has 0 saturated heterocycles. The van der Waals surface area contributed by atoms with Gasteiger partial charge in [0.15, 0.2) is 0 Å². The average molecular weight is 292 g/mol. The molecule has 0 aliphatic heterocycles. The van der Waals surface area contributed by atoms with Crippen LogP contribution in [0.25, 0.3) is 0 Å². The van der Waals surface area contributed by atoms with Crippen molar-refractivity contribution < 1.29 is 4.74 Å². The van der Waals surface area contributed by atoms with Gasteiger partial charge in [0.2, 0.25) is 0 Å². The normalized spacial score (nSPS) is 10.7. The molecule has 2 aromatic rings. The minimum atomic E-state index is 0.724. The van der Waals surface area contributed by atoms with Gasteiger partial charge in [-0.15, -0.1) is 11.3 Å². The van der Waals surface area contributed by atoms with E-state index in [-0.39, 0.29) is 0 Å². The van der Waals surface area contributed by atoms with Gasteiger partial charge < -0.3 is 15.0 Å². The number of ether oxygens (including phenoxy) is 1. The van der Waals surface area contributed by atoms with Gasteiger partial charge in [-0.3, -0.25) is 0 Å². The zero-order valence-electron chi connectivity index (χ0n) is 11.9. The van der Waals surface area contributed by atoms with E-state index in [2.05, 4.69) is 31.6 Å². The Labute approximate surface area is 123 Å². The summed E-state index contributed by atoms with van der Waals surface area (Å²) in [4.78, 5) is 10.9. The summed E-state index contributed by atoms with van der Waals surface area (Å²) in [7, 11) is 3.73. The fourth-order valence-electron chi connectivity index (χ4n) is 1.79. The highest BCUT2D eigenvalue weighted by atomic mass is 32.1. The predicted molar refractivity (Wildman–Crippen MR) is 82.0 cm³/mol. The Morgan fingerprint density at radius 1 is 1.35 bits per heavy atom. The Bertz CT molecular complexity index is 486. The summed E-state index contributed by atoms with van der Waals surface area (Å²) in [6.07, 6.45) is 1.91. The van der Waals surface area contributed by atoms with Crippen molar-refractivity contribution in [1.29, 1.82) is 0 Å². The van der Waals surface area contributed by atoms with Crippen LogP contribution in [0, 0.1) is 0 Å². The molecular weight excluding hydrogens is 272 g/mol. The monoisotopic (exact) mass is 292 g/mol. The average Bonchev–Trinajstić information content (AvgIpc) is 2.97. The van der Waals surface area contributed by atoms with E-state index < -0.39 is 0 Å². The molecule has 0 fully saturated rings. The van der Waals surface area contributed by atoms with Gasteiger partial charge >= 0.3 is 0 Å². The van der Waals surface area contributed by atoms with Crippen molar-refractivity contribution in [3.8, 4) is 0 Å². The van der Waals surface area contributed by atoms with Crippen molar-refractivity contribution in [2.75, 3.05) is 32.2 Å². The van der Waals surface area contributed by atoms with E-state index in [9.17, 15) is 0 Å². The highest BCUT2D eigenvalue weighted by Crippen LogP contribution is 2.13. The van der Waals surface area contributed by atoms with Crippen LogP contribution in [0.4, 0.5) is 5.82 Å². The number of hydrogen-bond acceptors (Lipinski definition) is 6. The third-order valence-corrected chi connectivity index (χ3v) is 3.53. The first-order valence-electron chi connectivity index (χ1n) is 6.52. The maximum Gasteiger partial charge on any atom is 0.128 e. The van der Waals surface area contributed by atoms with Gasteiger partial charge in [0, 0.05) is 38.8 Å². The van der Waals surface area contributed by atoms with Gasteiger partial charge in [-0.1, -0.05) is 6.07 Å². The van der Waals surface area contributed by atoms with Crippen LogP contribution in [0.5, 0.6) is 0 Å². The summed E-state index contributed by atoms with van der Waals surface area (Å²) < 4.78 is 4.99. The minimum absolute atomic E-state index is 0.724. The molecule has 5 nitrogen and oxygen atoms in total. The molecule has 1 N–H and O–H groups in total. The molecule has 2 rings (SSSR count). The lowest BCUT2D eigenvalue weighted by molar-refractivity contribution is 0.199. The van der Waals surface area contributed by atoms with Crippen LogP contribution < -0.4 is 10.2 Å². The van der Waals surface area contributed by atoms with E-state index >= 15 is 0 Å². The number of nitrogens with zero attached hydrogens (tertiary/aromatic N) is 3. The summed E-state index contributed by atoms with van der Waals surface area (Å²) in [5.41, 5.74) is 4.10. The summed E-state index contributed by atoms with van der Waals surface area (Å²) in [5, 5.41) is 5.36. The maximum atomic E-state index is 4.99. The van der Waals surface area contributed by atoms with Gasteiger partial charge in [-0.25, -0.2) is 9.97 Å². The number of rotatable bonds is 8. The van der Waals surface area contributed by atoms with Crippen molar-refractivity contribution in [2.24, 2.45) is 0 Å². The maximum absolute atomic E-state index is 4.99. The van der Waals surface area contributed by atoms with E-state index in [4.69, 9.17) is 4.74 Å². The fourth-order valence-corrected chi connectivity index (χ4v) is 2.34. The molecule has 2 aromatic heterocycles. The molecule has 20 heavy (non-hydrogen) atoms. The summed E-state index contributed by atoms with van der Waals surface area (Å²) in [6, 6.07) is 4.14. The second-order valence-corrected chi connectivity index (χ2v) is 5.25. The van der Waals surface area contributed by atoms with Crippen LogP contribution in [-0.2, 0) is 17.8 Å². The number of aromatic nitrogens is 2. The molecule has 6 heteroatoms. The molecule has 0 radical (unpaired) electrons. The number of thiazole rings is 1. The van der Waals surface area contributed by atoms with Gasteiger partial charge in [0.25, 0.3) is 0 Å². The molecule has 2 heterocycles. The summed E-state index contributed by atoms with van der Waals surface area (Å²) in [5.74, 6) is 0.957. The van der Waals surface area contributed by atoms with Crippen LogP contribution >= 0.6 is 11.3 Å². The highest BCUT2D eigenvalue weighted by Gasteiger charge is 2.05. The fraction of sp³-hybridized carbons (Fsp3) is 0.429. The molecule has 0 atom stereocenters. The van der Waals surface area contributed by atoms with Crippen molar-refractivity contribution in [3.63, 3.8) is 0 Å². The quantitative estimate of drug-likeness (QED) is 0.753. The Balaban J connectivity index is 1.84. The van der Waals surface area contributed by atoms with E-state index in [1.54, 1.807) is 18.4 Å². The molecule has 0 aromatic carbocycles. The Kier molecular flexibility index (Phi) is 5.91. The highest BCUT2D eigenvalue weighted by molar-refractivity contribution is 7.07. The second-order valence-electron chi connectivity index (χ2n) is 4.53. The standard InChI is InChI=1S/C14H20N4OS/c1-18(9-13-10-20-11-17-13)14-4-3-12(8-16-14)7-15-5-6-19-2/h3-4,8,10-11,15H,5-7,9H2,1-2H3. The van der Waals surface area contributed by atoms with Crippen LogP contribution in [0.3, 0.4) is 0 Å². The topological polar surface area (TPSA) is 50.3 Å². The Morgan fingerprint density at radius 2 is 2.25 bits per heavy atom. The van der Waals surface area contributed by atoms with Gasteiger partial charge in [-0.05, 0) is 11.6 Å². The van der Waals surface area contributed by atoms with Crippen molar-refractivity contribution in [1.82, 2.24) is 15.3 Å². The number of hydrogen-bond donors (Lipinski definition) is 1. The first-order chi connectivity index (χ1) is 9.79. The van der Waals surface area contributed by atoms with Crippen molar-refractivity contribution in [3.05, 3.63) is 40.5 Å². The molecule has 0 amide bonds. The summed E-state index contributed by atoms with van der Waals surface area (Å²) >= 11 is 1.62. The second kappa shape index (κ2) is 7.94. The number of anilines is 1. The molecular formula is C14H20N4OS. The zero-order valence-corrected chi connectivity index (χ0v) is 12.7. The molecule has 0 saturated carbocycles. The zero-order chi connectivity index (χ0) is 14.2. The molecule has 0 unspecified atom stereocenters. The van der Waals surface area contributed by atoms with Gasteiger partial charge in [-0.2, -0.15) is 0 Å². The number of nitrogens with one attached hydrogen (secondary N) is 1. The Hall–Kier alpha value is -1.50. The van der Waals surface area contributed by atoms with Crippen LogP contribution in [-0.4, -0.2) is 37.3 Å². The van der Waals surface area contributed by atoms with E-state index in [1.807, 2.05) is 24.8 Å². The number of pyridine rings is 1. The van der Waals surface area contributed by atoms with E-state index in [0.717, 1.165) is 37.8 Å². The first kappa shape index (κ1) is 14.9. The third-order valence-electron chi connectivity index (χ3n) is 2.89. The minimum Gasteiger partial charge on any atom is -0.383 e. The van der Waals surface area contributed by atoms with E-state index in [0.29, 0.717) is 0 Å². The summed E-state index contributed by atoms with van der Waals surface area (Å²) in [6.45, 7) is 3.16. The lowest BCUT2D eigenvalue weighted by Gasteiger charge is -2.17. The largest absolute Gasteiger partial charge is 0.383 e. The molecule has 0 aliphatic rings. The van der Waals surface area contributed by atoms with E-state index in [1.165, 1.54) is 5.56 Å². The Morgan fingerprint density at radius 3 is 2.90 bits per heavy atom. The SMILES string of the molecule is COCCNCc1ccc(N(C)Cc2cscn2)nc1. The number of methoxy groups -OCH3 is 1. The lowest BCUT2D eigenvalue weighted by Crippen LogP contribution is -2.20. The first-order valence-corrected chi connectivity index (χ1v) is 7.46. The molecule has 0 spiro atoms. The predicted octanol–water partition coefficient (Wildman–Crippen LogP) is 1.91. The van der Waals surface area contributed by atoms with Gasteiger partial charge in [0.1, 0.15) is 5.82 Å². The third kappa shape index (κ3) is 4.56. The van der Waals surface area contributed by atoms with Crippen LogP contribution in [0.15, 0.2) is 29.2 Å². The van der Waals surface area contributed by atoms with Crippen molar-refractivity contribution in [2.45, 2.75) is 13.1 Å². The molecule has 108 valence electrons. The smallest absolute Gasteiger partial charge is 0.128 e. The molecule has 0 bridgehead atoms. The molecule has 0 aliphatic carbocycles. The van der Waals surface area contributed by atoms with Crippen LogP contribution in [0.2, 0.25) is 0 Å². The van der Waals surface area contributed by atoms with Crippen LogP contribution in [0.1, 0.15) is 11.3 Å².